The van der Waals surface area contributed by atoms with Gasteiger partial charge in [-0.05, 0) is 58.0 Å². The van der Waals surface area contributed by atoms with E-state index in [4.69, 9.17) is 14.2 Å². The summed E-state index contributed by atoms with van der Waals surface area (Å²) in [4.78, 5) is 25.3. The van der Waals surface area contributed by atoms with Crippen molar-refractivity contribution in [3.8, 4) is 5.75 Å². The molecule has 3 aromatic carbocycles. The monoisotopic (exact) mass is 530 g/mol. The molecule has 2 unspecified atom stereocenters. The molecule has 0 aliphatic carbocycles. The van der Waals surface area contributed by atoms with E-state index in [1.54, 1.807) is 12.1 Å². The van der Waals surface area contributed by atoms with Crippen LogP contribution in [-0.4, -0.2) is 49.4 Å². The Morgan fingerprint density at radius 2 is 1.76 bits per heavy atom. The molecular formula is C30H28NO6S-. The van der Waals surface area contributed by atoms with E-state index in [2.05, 4.69) is 24.3 Å². The van der Waals surface area contributed by atoms with E-state index in [1.807, 2.05) is 47.8 Å². The minimum atomic E-state index is -1.17. The molecule has 0 N–H and O–H groups in total. The average molecular weight is 531 g/mol. The second-order valence-corrected chi connectivity index (χ2v) is 10.1. The Bertz CT molecular complexity index is 1370. The summed E-state index contributed by atoms with van der Waals surface area (Å²) in [6, 6.07) is 25.6. The van der Waals surface area contributed by atoms with Crippen LogP contribution in [-0.2, 0) is 16.1 Å². The first-order valence-electron chi connectivity index (χ1n) is 12.6. The molecule has 1 aliphatic rings. The quantitative estimate of drug-likeness (QED) is 0.227. The number of esters is 1. The molecule has 1 saturated heterocycles. The number of fused-ring (bicyclic) bond motifs is 1. The minimum absolute atomic E-state index is 0.0341. The van der Waals surface area contributed by atoms with Crippen molar-refractivity contribution in [3.05, 3.63) is 100 Å². The molecule has 1 aromatic heterocycles. The largest absolute Gasteiger partial charge is 0.530 e. The number of likely N-dealkylation sites (tertiary alicyclic amines) is 1. The molecule has 1 fully saturated rings. The predicted molar refractivity (Wildman–Crippen MR) is 143 cm³/mol. The number of rotatable bonds is 9. The highest BCUT2D eigenvalue weighted by molar-refractivity contribution is 7.11. The second kappa shape index (κ2) is 12.1. The zero-order valence-corrected chi connectivity index (χ0v) is 21.6. The lowest BCUT2D eigenvalue weighted by Gasteiger charge is -2.40. The van der Waals surface area contributed by atoms with Crippen LogP contribution < -0.4 is 9.84 Å². The summed E-state index contributed by atoms with van der Waals surface area (Å²) in [6.45, 7) is 1.45. The number of nitrogens with zero attached hydrogens (tertiary/aromatic N) is 1. The standard InChI is InChI=1S/C30H29NO6S/c32-29(28-6-3-17-38-28)36-16-15-35-25-11-9-23(10-12-25)26-13-14-31(30(33)34)19-27(26)37-20-21-7-8-22-4-1-2-5-24(22)18-21/h1-12,17-18,26-27H,13-16,19-20H2,(H,33,34)/p-1. The molecular weight excluding hydrogens is 502 g/mol. The molecule has 2 atom stereocenters. The lowest BCUT2D eigenvalue weighted by atomic mass is 9.87. The summed E-state index contributed by atoms with van der Waals surface area (Å²) in [5.41, 5.74) is 2.10. The van der Waals surface area contributed by atoms with Crippen molar-refractivity contribution in [1.29, 1.82) is 0 Å². The van der Waals surface area contributed by atoms with Crippen LogP contribution in [0.15, 0.2) is 84.2 Å². The third-order valence-corrected chi connectivity index (χ3v) is 7.56. The molecule has 0 saturated carbocycles. The van der Waals surface area contributed by atoms with Gasteiger partial charge in [-0.3, -0.25) is 0 Å². The first kappa shape index (κ1) is 25.8. The fourth-order valence-electron chi connectivity index (χ4n) is 4.74. The van der Waals surface area contributed by atoms with E-state index in [-0.39, 0.29) is 37.7 Å². The van der Waals surface area contributed by atoms with Crippen LogP contribution in [0, 0.1) is 0 Å². The molecule has 2 heterocycles. The number of hydrogen-bond acceptors (Lipinski definition) is 7. The zero-order valence-electron chi connectivity index (χ0n) is 20.8. The van der Waals surface area contributed by atoms with Gasteiger partial charge in [-0.2, -0.15) is 0 Å². The lowest BCUT2D eigenvalue weighted by molar-refractivity contribution is -0.268. The van der Waals surface area contributed by atoms with E-state index in [0.29, 0.717) is 30.2 Å². The van der Waals surface area contributed by atoms with Crippen LogP contribution in [0.1, 0.15) is 33.1 Å². The zero-order chi connectivity index (χ0) is 26.3. The van der Waals surface area contributed by atoms with Gasteiger partial charge in [0.1, 0.15) is 29.9 Å². The highest BCUT2D eigenvalue weighted by Gasteiger charge is 2.31. The van der Waals surface area contributed by atoms with Crippen molar-refractivity contribution in [2.24, 2.45) is 0 Å². The summed E-state index contributed by atoms with van der Waals surface area (Å²) in [6.07, 6.45) is -0.849. The number of benzene rings is 3. The van der Waals surface area contributed by atoms with E-state index in [0.717, 1.165) is 21.9 Å². The van der Waals surface area contributed by atoms with E-state index < -0.39 is 6.09 Å². The third-order valence-electron chi connectivity index (χ3n) is 6.71. The predicted octanol–water partition coefficient (Wildman–Crippen LogP) is 4.86. The maximum Gasteiger partial charge on any atom is 0.348 e. The smallest absolute Gasteiger partial charge is 0.348 e. The Hall–Kier alpha value is -3.88. The van der Waals surface area contributed by atoms with Crippen LogP contribution in [0.4, 0.5) is 4.79 Å². The van der Waals surface area contributed by atoms with Crippen molar-refractivity contribution in [2.45, 2.75) is 25.0 Å². The van der Waals surface area contributed by atoms with Crippen molar-refractivity contribution in [1.82, 2.24) is 4.90 Å². The molecule has 0 bridgehead atoms. The molecule has 0 radical (unpaired) electrons. The SMILES string of the molecule is O=C(OCCOc1ccc(C2CCN(C(=O)[O-])CC2OCc2ccc3ccccc3c2)cc1)c1cccs1. The van der Waals surface area contributed by atoms with E-state index >= 15 is 0 Å². The Morgan fingerprint density at radius 1 is 0.947 bits per heavy atom. The Balaban J connectivity index is 1.19. The molecule has 196 valence electrons. The molecule has 1 aliphatic heterocycles. The number of carbonyl (C=O) groups excluding carboxylic acids is 2. The Labute approximate surface area is 225 Å². The summed E-state index contributed by atoms with van der Waals surface area (Å²) < 4.78 is 17.3. The summed E-state index contributed by atoms with van der Waals surface area (Å²) in [5, 5.41) is 15.7. The van der Waals surface area contributed by atoms with Crippen LogP contribution >= 0.6 is 11.3 Å². The summed E-state index contributed by atoms with van der Waals surface area (Å²) in [5.74, 6) is 0.352. The van der Waals surface area contributed by atoms with Gasteiger partial charge in [0, 0.05) is 19.0 Å². The molecule has 1 amide bonds. The molecule has 0 spiro atoms. The Morgan fingerprint density at radius 3 is 2.53 bits per heavy atom. The number of thiophene rings is 1. The molecule has 7 nitrogen and oxygen atoms in total. The second-order valence-electron chi connectivity index (χ2n) is 9.17. The number of carboxylic acid groups (broad SMARTS) is 1. The van der Waals surface area contributed by atoms with Crippen molar-refractivity contribution < 1.29 is 28.9 Å². The van der Waals surface area contributed by atoms with Gasteiger partial charge in [-0.1, -0.05) is 54.6 Å². The summed E-state index contributed by atoms with van der Waals surface area (Å²) >= 11 is 1.34. The summed E-state index contributed by atoms with van der Waals surface area (Å²) in [7, 11) is 0. The normalized spacial score (nSPS) is 17.3. The third kappa shape index (κ3) is 6.33. The van der Waals surface area contributed by atoms with Crippen LogP contribution in [0.5, 0.6) is 5.75 Å². The highest BCUT2D eigenvalue weighted by Crippen LogP contribution is 2.32. The Kier molecular flexibility index (Phi) is 8.21. The lowest BCUT2D eigenvalue weighted by Crippen LogP contribution is -2.51. The van der Waals surface area contributed by atoms with Gasteiger partial charge in [0.15, 0.2) is 0 Å². The topological polar surface area (TPSA) is 88.1 Å². The molecule has 4 aromatic rings. The maximum absolute atomic E-state index is 11.9. The number of amides is 1. The van der Waals surface area contributed by atoms with Gasteiger partial charge in [-0.25, -0.2) is 4.79 Å². The highest BCUT2D eigenvalue weighted by atomic mass is 32.1. The average Bonchev–Trinajstić information content (AvgIpc) is 3.50. The first-order chi connectivity index (χ1) is 18.6. The van der Waals surface area contributed by atoms with Crippen molar-refractivity contribution in [3.63, 3.8) is 0 Å². The molecule has 38 heavy (non-hydrogen) atoms. The molecule has 8 heteroatoms. The van der Waals surface area contributed by atoms with E-state index in [9.17, 15) is 14.7 Å². The maximum atomic E-state index is 11.9. The molecule has 5 rings (SSSR count). The van der Waals surface area contributed by atoms with Crippen LogP contribution in [0.2, 0.25) is 0 Å². The van der Waals surface area contributed by atoms with Gasteiger partial charge in [0.25, 0.3) is 0 Å². The fraction of sp³-hybridized carbons (Fsp3) is 0.267. The van der Waals surface area contributed by atoms with Gasteiger partial charge in [-0.15, -0.1) is 11.3 Å². The van der Waals surface area contributed by atoms with E-state index in [1.165, 1.54) is 16.2 Å². The van der Waals surface area contributed by atoms with Gasteiger partial charge in [0.2, 0.25) is 0 Å². The number of carbonyl (C=O) groups is 2. The van der Waals surface area contributed by atoms with Gasteiger partial charge in [0.05, 0.1) is 12.7 Å². The van der Waals surface area contributed by atoms with Crippen LogP contribution in [0.3, 0.4) is 0 Å². The van der Waals surface area contributed by atoms with Crippen molar-refractivity contribution >= 4 is 34.2 Å². The number of ether oxygens (including phenoxy) is 3. The van der Waals surface area contributed by atoms with Gasteiger partial charge < -0.3 is 29.0 Å². The number of hydrogen-bond donors (Lipinski definition) is 0. The van der Waals surface area contributed by atoms with Crippen molar-refractivity contribution in [2.75, 3.05) is 26.3 Å². The first-order valence-corrected chi connectivity index (χ1v) is 13.4. The minimum Gasteiger partial charge on any atom is -0.530 e. The fourth-order valence-corrected chi connectivity index (χ4v) is 5.35. The number of piperidine rings is 1. The van der Waals surface area contributed by atoms with Gasteiger partial charge >= 0.3 is 5.97 Å². The van der Waals surface area contributed by atoms with Crippen LogP contribution in [0.25, 0.3) is 10.8 Å².